The van der Waals surface area contributed by atoms with Gasteiger partial charge >= 0.3 is 0 Å². The monoisotopic (exact) mass is 389 g/mol. The van der Waals surface area contributed by atoms with E-state index in [1.165, 1.54) is 17.5 Å². The molecule has 2 aromatic heterocycles. The van der Waals surface area contributed by atoms with Crippen molar-refractivity contribution in [2.75, 3.05) is 4.72 Å². The molecule has 21 heavy (non-hydrogen) atoms. The van der Waals surface area contributed by atoms with Gasteiger partial charge in [-0.2, -0.15) is 0 Å². The molecule has 0 amide bonds. The highest BCUT2D eigenvalue weighted by Crippen LogP contribution is 2.26. The number of sulfonamides is 1. The van der Waals surface area contributed by atoms with Crippen LogP contribution >= 0.6 is 27.3 Å². The first-order valence-electron chi connectivity index (χ1n) is 6.33. The molecule has 0 aliphatic heterocycles. The molecule has 0 spiro atoms. The van der Waals surface area contributed by atoms with E-state index in [4.69, 9.17) is 0 Å². The predicted molar refractivity (Wildman–Crippen MR) is 89.0 cm³/mol. The molecule has 0 atom stereocenters. The van der Waals surface area contributed by atoms with Crippen LogP contribution in [0.4, 0.5) is 5.82 Å². The second kappa shape index (κ2) is 6.87. The number of hydrogen-bond acceptors (Lipinski definition) is 5. The number of nitrogens with zero attached hydrogens (tertiary/aromatic N) is 1. The van der Waals surface area contributed by atoms with Crippen LogP contribution in [0.15, 0.2) is 39.1 Å². The average molecular weight is 390 g/mol. The van der Waals surface area contributed by atoms with Gasteiger partial charge in [0.15, 0.2) is 5.82 Å². The minimum atomic E-state index is -3.64. The molecule has 0 fully saturated rings. The molecule has 0 aromatic carbocycles. The van der Waals surface area contributed by atoms with Gasteiger partial charge < -0.3 is 5.32 Å². The maximum Gasteiger partial charge on any atom is 0.264 e. The molecule has 5 nitrogen and oxygen atoms in total. The summed E-state index contributed by atoms with van der Waals surface area (Å²) in [7, 11) is -3.64. The SMILES string of the molecule is CC(C)NCc1sccc1S(=O)(=O)Nc1ncccc1Br. The molecular formula is C13H16BrN3O2S2. The Morgan fingerprint density at radius 2 is 2.14 bits per heavy atom. The summed E-state index contributed by atoms with van der Waals surface area (Å²) < 4.78 is 28.1. The third kappa shape index (κ3) is 4.26. The fourth-order valence-electron chi connectivity index (χ4n) is 1.64. The average Bonchev–Trinajstić information content (AvgIpc) is 2.88. The van der Waals surface area contributed by atoms with Crippen molar-refractivity contribution < 1.29 is 8.42 Å². The summed E-state index contributed by atoms with van der Waals surface area (Å²) >= 11 is 4.70. The fraction of sp³-hybridized carbons (Fsp3) is 0.308. The summed E-state index contributed by atoms with van der Waals surface area (Å²) in [5.74, 6) is 0.284. The lowest BCUT2D eigenvalue weighted by molar-refractivity contribution is 0.581. The second-order valence-electron chi connectivity index (χ2n) is 4.68. The smallest absolute Gasteiger partial charge is 0.264 e. The molecule has 0 saturated carbocycles. The lowest BCUT2D eigenvalue weighted by Gasteiger charge is -2.11. The summed E-state index contributed by atoms with van der Waals surface area (Å²) in [5.41, 5.74) is 0. The van der Waals surface area contributed by atoms with Crippen molar-refractivity contribution in [3.63, 3.8) is 0 Å². The molecule has 0 unspecified atom stereocenters. The van der Waals surface area contributed by atoms with Crippen LogP contribution in [0.2, 0.25) is 0 Å². The van der Waals surface area contributed by atoms with Crippen molar-refractivity contribution in [1.82, 2.24) is 10.3 Å². The lowest BCUT2D eigenvalue weighted by Crippen LogP contribution is -2.23. The largest absolute Gasteiger partial charge is 0.310 e. The summed E-state index contributed by atoms with van der Waals surface area (Å²) in [4.78, 5) is 5.10. The molecule has 2 rings (SSSR count). The van der Waals surface area contributed by atoms with Gasteiger partial charge in [-0.05, 0) is 39.5 Å². The Morgan fingerprint density at radius 1 is 1.38 bits per heavy atom. The van der Waals surface area contributed by atoms with Gasteiger partial charge in [-0.25, -0.2) is 13.4 Å². The summed E-state index contributed by atoms with van der Waals surface area (Å²) in [6.45, 7) is 4.56. The van der Waals surface area contributed by atoms with E-state index < -0.39 is 10.0 Å². The van der Waals surface area contributed by atoms with E-state index in [2.05, 4.69) is 31.0 Å². The van der Waals surface area contributed by atoms with Crippen molar-refractivity contribution in [2.45, 2.75) is 31.3 Å². The van der Waals surface area contributed by atoms with Gasteiger partial charge in [0.2, 0.25) is 0 Å². The molecule has 0 radical (unpaired) electrons. The van der Waals surface area contributed by atoms with Crippen molar-refractivity contribution in [3.8, 4) is 0 Å². The van der Waals surface area contributed by atoms with Gasteiger partial charge in [-0.1, -0.05) is 13.8 Å². The Morgan fingerprint density at radius 3 is 2.81 bits per heavy atom. The van der Waals surface area contributed by atoms with Crippen molar-refractivity contribution >= 4 is 43.1 Å². The van der Waals surface area contributed by atoms with Crippen molar-refractivity contribution in [3.05, 3.63) is 39.1 Å². The van der Waals surface area contributed by atoms with E-state index in [-0.39, 0.29) is 5.82 Å². The van der Waals surface area contributed by atoms with Gasteiger partial charge in [0.05, 0.1) is 4.47 Å². The number of pyridine rings is 1. The van der Waals surface area contributed by atoms with Gasteiger partial charge in [0.1, 0.15) is 4.90 Å². The molecule has 0 aliphatic carbocycles. The van der Waals surface area contributed by atoms with Crippen LogP contribution in [-0.4, -0.2) is 19.4 Å². The molecule has 2 N–H and O–H groups in total. The molecule has 2 heterocycles. The van der Waals surface area contributed by atoms with Gasteiger partial charge in [-0.15, -0.1) is 11.3 Å². The standard InChI is InChI=1S/C13H16BrN3O2S2/c1-9(2)16-8-11-12(5-7-20-11)21(18,19)17-13-10(14)4-3-6-15-13/h3-7,9,16H,8H2,1-2H3,(H,15,17). The summed E-state index contributed by atoms with van der Waals surface area (Å²) in [5, 5.41) is 5.01. The van der Waals surface area contributed by atoms with Crippen LogP contribution in [0, 0.1) is 0 Å². The highest BCUT2D eigenvalue weighted by molar-refractivity contribution is 9.10. The van der Waals surface area contributed by atoms with E-state index in [9.17, 15) is 8.42 Å². The zero-order valence-corrected chi connectivity index (χ0v) is 14.8. The zero-order chi connectivity index (χ0) is 15.5. The normalized spacial score (nSPS) is 11.8. The van der Waals surface area contributed by atoms with Crippen LogP contribution in [0.1, 0.15) is 18.7 Å². The van der Waals surface area contributed by atoms with Crippen molar-refractivity contribution in [1.29, 1.82) is 0 Å². The minimum Gasteiger partial charge on any atom is -0.310 e. The third-order valence-corrected chi connectivity index (χ3v) is 5.77. The van der Waals surface area contributed by atoms with Crippen molar-refractivity contribution in [2.24, 2.45) is 0 Å². The zero-order valence-electron chi connectivity index (χ0n) is 11.6. The van der Waals surface area contributed by atoms with E-state index in [0.717, 1.165) is 4.88 Å². The number of nitrogens with one attached hydrogen (secondary N) is 2. The van der Waals surface area contributed by atoms with Crippen LogP contribution in [0.3, 0.4) is 0 Å². The van der Waals surface area contributed by atoms with E-state index in [1.54, 1.807) is 23.6 Å². The topological polar surface area (TPSA) is 71.1 Å². The summed E-state index contributed by atoms with van der Waals surface area (Å²) in [6.07, 6.45) is 1.54. The first kappa shape index (κ1) is 16.4. The molecule has 2 aromatic rings. The number of anilines is 1. The van der Waals surface area contributed by atoms with Crippen LogP contribution in [0.25, 0.3) is 0 Å². The van der Waals surface area contributed by atoms with Crippen LogP contribution < -0.4 is 10.0 Å². The first-order valence-corrected chi connectivity index (χ1v) is 9.49. The van der Waals surface area contributed by atoms with E-state index in [1.807, 2.05) is 13.8 Å². The second-order valence-corrected chi connectivity index (χ2v) is 8.19. The minimum absolute atomic E-state index is 0.284. The Kier molecular flexibility index (Phi) is 5.37. The Hall–Kier alpha value is -0.960. The number of aromatic nitrogens is 1. The van der Waals surface area contributed by atoms with Crippen LogP contribution in [-0.2, 0) is 16.6 Å². The molecule has 0 aliphatic rings. The maximum atomic E-state index is 12.5. The third-order valence-electron chi connectivity index (χ3n) is 2.65. The van der Waals surface area contributed by atoms with Gasteiger partial charge in [0, 0.05) is 23.7 Å². The number of hydrogen-bond donors (Lipinski definition) is 2. The maximum absolute atomic E-state index is 12.5. The van der Waals surface area contributed by atoms with E-state index in [0.29, 0.717) is 22.0 Å². The first-order chi connectivity index (χ1) is 9.90. The predicted octanol–water partition coefficient (Wildman–Crippen LogP) is 3.20. The number of halogens is 1. The number of thiophene rings is 1. The van der Waals surface area contributed by atoms with Crippen LogP contribution in [0.5, 0.6) is 0 Å². The van der Waals surface area contributed by atoms with Gasteiger partial charge in [-0.3, -0.25) is 4.72 Å². The highest BCUT2D eigenvalue weighted by atomic mass is 79.9. The lowest BCUT2D eigenvalue weighted by atomic mass is 10.4. The highest BCUT2D eigenvalue weighted by Gasteiger charge is 2.21. The molecule has 0 bridgehead atoms. The summed E-state index contributed by atoms with van der Waals surface area (Å²) in [6, 6.07) is 5.37. The Balaban J connectivity index is 2.24. The molecule has 8 heteroatoms. The van der Waals surface area contributed by atoms with Gasteiger partial charge in [0.25, 0.3) is 10.0 Å². The Bertz CT molecular complexity index is 714. The molecular weight excluding hydrogens is 374 g/mol. The van der Waals surface area contributed by atoms with E-state index >= 15 is 0 Å². The molecule has 0 saturated heterocycles. The number of rotatable bonds is 6. The molecule has 114 valence electrons. The quantitative estimate of drug-likeness (QED) is 0.795. The fourth-order valence-corrected chi connectivity index (χ4v) is 4.55. The Labute approximate surface area is 137 Å².